The number of carbonyl (C=O) groups excluding carboxylic acids is 2. The Hall–Kier alpha value is -2.14. The van der Waals surface area contributed by atoms with Crippen LogP contribution in [0.15, 0.2) is 35.7 Å². The molecule has 0 spiro atoms. The van der Waals surface area contributed by atoms with Gasteiger partial charge in [-0.25, -0.2) is 0 Å². The van der Waals surface area contributed by atoms with Crippen LogP contribution in [0, 0.1) is 13.8 Å². The predicted molar refractivity (Wildman–Crippen MR) is 101 cm³/mol. The van der Waals surface area contributed by atoms with Crippen molar-refractivity contribution >= 4 is 23.2 Å². The lowest BCUT2D eigenvalue weighted by atomic mass is 10.0. The zero-order chi connectivity index (χ0) is 17.8. The number of carbonyl (C=O) groups is 2. The van der Waals surface area contributed by atoms with Crippen molar-refractivity contribution < 1.29 is 9.59 Å². The molecule has 1 aliphatic rings. The molecule has 0 N–H and O–H groups in total. The van der Waals surface area contributed by atoms with Crippen molar-refractivity contribution in [2.45, 2.75) is 26.7 Å². The molecule has 2 heterocycles. The summed E-state index contributed by atoms with van der Waals surface area (Å²) < 4.78 is 0. The van der Waals surface area contributed by atoms with Crippen LogP contribution in [-0.2, 0) is 11.2 Å². The molecule has 0 aliphatic carbocycles. The second-order valence-electron chi connectivity index (χ2n) is 6.61. The van der Waals surface area contributed by atoms with Gasteiger partial charge in [0.2, 0.25) is 5.91 Å². The zero-order valence-corrected chi connectivity index (χ0v) is 15.6. The summed E-state index contributed by atoms with van der Waals surface area (Å²) in [5, 5.41) is 1.92. The summed E-state index contributed by atoms with van der Waals surface area (Å²) in [7, 11) is 0. The van der Waals surface area contributed by atoms with Crippen LogP contribution in [0.3, 0.4) is 0 Å². The molecular formula is C20H24N2O2S. The Morgan fingerprint density at radius 2 is 1.80 bits per heavy atom. The molecule has 0 bridgehead atoms. The van der Waals surface area contributed by atoms with Crippen molar-refractivity contribution in [3.63, 3.8) is 0 Å². The third-order valence-corrected chi connectivity index (χ3v) is 5.57. The average molecular weight is 356 g/mol. The van der Waals surface area contributed by atoms with E-state index in [0.29, 0.717) is 26.1 Å². The van der Waals surface area contributed by atoms with Crippen molar-refractivity contribution in [3.8, 4) is 0 Å². The topological polar surface area (TPSA) is 40.6 Å². The number of aryl methyl sites for hydroxylation is 2. The lowest BCUT2D eigenvalue weighted by molar-refractivity contribution is -0.130. The minimum atomic E-state index is 0.0822. The second-order valence-corrected chi connectivity index (χ2v) is 7.56. The second kappa shape index (κ2) is 7.83. The van der Waals surface area contributed by atoms with E-state index in [0.717, 1.165) is 29.0 Å². The minimum absolute atomic E-state index is 0.0822. The molecule has 5 heteroatoms. The highest BCUT2D eigenvalue weighted by atomic mass is 32.1. The van der Waals surface area contributed by atoms with Crippen LogP contribution in [0.4, 0.5) is 0 Å². The van der Waals surface area contributed by atoms with E-state index in [9.17, 15) is 9.59 Å². The molecule has 1 fully saturated rings. The molecule has 4 nitrogen and oxygen atoms in total. The summed E-state index contributed by atoms with van der Waals surface area (Å²) in [5.41, 5.74) is 3.43. The molecule has 25 heavy (non-hydrogen) atoms. The fourth-order valence-corrected chi connectivity index (χ4v) is 3.88. The lowest BCUT2D eigenvalue weighted by Gasteiger charge is -2.22. The largest absolute Gasteiger partial charge is 0.341 e. The van der Waals surface area contributed by atoms with E-state index in [1.807, 2.05) is 41.2 Å². The Morgan fingerprint density at radius 3 is 2.56 bits per heavy atom. The van der Waals surface area contributed by atoms with Crippen molar-refractivity contribution in [2.24, 2.45) is 0 Å². The Morgan fingerprint density at radius 1 is 1.04 bits per heavy atom. The number of hydrogen-bond donors (Lipinski definition) is 0. The fraction of sp³-hybridized carbons (Fsp3) is 0.400. The molecule has 2 amide bonds. The molecule has 1 saturated heterocycles. The van der Waals surface area contributed by atoms with Gasteiger partial charge in [-0.3, -0.25) is 9.59 Å². The van der Waals surface area contributed by atoms with Crippen LogP contribution in [-0.4, -0.2) is 47.8 Å². The minimum Gasteiger partial charge on any atom is -0.341 e. The summed E-state index contributed by atoms with van der Waals surface area (Å²) >= 11 is 1.47. The van der Waals surface area contributed by atoms with E-state index in [1.165, 1.54) is 16.9 Å². The van der Waals surface area contributed by atoms with Crippen LogP contribution in [0.5, 0.6) is 0 Å². The molecule has 0 unspecified atom stereocenters. The van der Waals surface area contributed by atoms with Crippen LogP contribution >= 0.6 is 11.3 Å². The molecule has 2 aromatic rings. The van der Waals surface area contributed by atoms with Gasteiger partial charge >= 0.3 is 0 Å². The van der Waals surface area contributed by atoms with E-state index in [2.05, 4.69) is 18.2 Å². The molecular weight excluding hydrogens is 332 g/mol. The Kier molecular flexibility index (Phi) is 5.53. The van der Waals surface area contributed by atoms with Gasteiger partial charge in [0.25, 0.3) is 5.91 Å². The molecule has 1 aromatic heterocycles. The van der Waals surface area contributed by atoms with E-state index < -0.39 is 0 Å². The maximum absolute atomic E-state index is 12.7. The molecule has 0 radical (unpaired) electrons. The number of benzene rings is 1. The first-order valence-corrected chi connectivity index (χ1v) is 9.59. The summed E-state index contributed by atoms with van der Waals surface area (Å²) in [6.45, 7) is 6.75. The van der Waals surface area contributed by atoms with Crippen LogP contribution in [0.2, 0.25) is 0 Å². The molecule has 0 atom stereocenters. The fourth-order valence-electron chi connectivity index (χ4n) is 3.19. The molecule has 132 valence electrons. The summed E-state index contributed by atoms with van der Waals surface area (Å²) in [6, 6.07) is 10.00. The predicted octanol–water partition coefficient (Wildman–Crippen LogP) is 3.28. The van der Waals surface area contributed by atoms with Gasteiger partial charge in [-0.2, -0.15) is 0 Å². The van der Waals surface area contributed by atoms with Crippen molar-refractivity contribution in [1.82, 2.24) is 9.80 Å². The average Bonchev–Trinajstić information content (AvgIpc) is 3.02. The van der Waals surface area contributed by atoms with E-state index in [1.54, 1.807) is 0 Å². The summed E-state index contributed by atoms with van der Waals surface area (Å²) in [6.07, 6.45) is 1.27. The van der Waals surface area contributed by atoms with E-state index in [-0.39, 0.29) is 11.8 Å². The van der Waals surface area contributed by atoms with Gasteiger partial charge in [0.1, 0.15) is 0 Å². The van der Waals surface area contributed by atoms with Gasteiger partial charge < -0.3 is 9.80 Å². The van der Waals surface area contributed by atoms with Crippen molar-refractivity contribution in [2.75, 3.05) is 26.2 Å². The molecule has 1 aromatic carbocycles. The van der Waals surface area contributed by atoms with Gasteiger partial charge in [-0.1, -0.05) is 29.8 Å². The smallest absolute Gasteiger partial charge is 0.263 e. The molecule has 0 saturated carbocycles. The molecule has 1 aliphatic heterocycles. The number of hydrogen-bond acceptors (Lipinski definition) is 3. The maximum atomic E-state index is 12.7. The normalized spacial score (nSPS) is 15.1. The van der Waals surface area contributed by atoms with Gasteiger partial charge in [0.05, 0.1) is 11.3 Å². The van der Waals surface area contributed by atoms with Gasteiger partial charge in [-0.05, 0) is 42.8 Å². The third kappa shape index (κ3) is 4.28. The zero-order valence-electron chi connectivity index (χ0n) is 14.8. The van der Waals surface area contributed by atoms with Crippen LogP contribution in [0.25, 0.3) is 0 Å². The summed E-state index contributed by atoms with van der Waals surface area (Å²) in [4.78, 5) is 29.8. The van der Waals surface area contributed by atoms with Crippen molar-refractivity contribution in [3.05, 3.63) is 57.3 Å². The van der Waals surface area contributed by atoms with Gasteiger partial charge in [0, 0.05) is 26.2 Å². The number of nitrogens with zero attached hydrogens (tertiary/aromatic N) is 2. The Bertz CT molecular complexity index is 755. The highest BCUT2D eigenvalue weighted by Crippen LogP contribution is 2.16. The number of rotatable bonds is 3. The lowest BCUT2D eigenvalue weighted by Crippen LogP contribution is -2.37. The quantitative estimate of drug-likeness (QED) is 0.847. The standard InChI is InChI=1S/C20H24N2O2S/c1-15-6-7-16(2)17(13-15)14-19(23)21-8-4-9-22(11-10-21)20(24)18-5-3-12-25-18/h3,5-7,12-13H,4,8-11,14H2,1-2H3. The van der Waals surface area contributed by atoms with Crippen molar-refractivity contribution in [1.29, 1.82) is 0 Å². The maximum Gasteiger partial charge on any atom is 0.263 e. The summed E-state index contributed by atoms with van der Waals surface area (Å²) in [5.74, 6) is 0.234. The van der Waals surface area contributed by atoms with E-state index >= 15 is 0 Å². The SMILES string of the molecule is Cc1ccc(C)c(CC(=O)N2CCCN(C(=O)c3cccs3)CC2)c1. The monoisotopic (exact) mass is 356 g/mol. The van der Waals surface area contributed by atoms with Gasteiger partial charge in [0.15, 0.2) is 0 Å². The van der Waals surface area contributed by atoms with E-state index in [4.69, 9.17) is 0 Å². The third-order valence-electron chi connectivity index (χ3n) is 4.71. The highest BCUT2D eigenvalue weighted by molar-refractivity contribution is 7.12. The first-order valence-electron chi connectivity index (χ1n) is 8.71. The van der Waals surface area contributed by atoms with Gasteiger partial charge in [-0.15, -0.1) is 11.3 Å². The Balaban J connectivity index is 1.61. The Labute approximate surface area is 153 Å². The molecule has 3 rings (SSSR count). The van der Waals surface area contributed by atoms with Crippen LogP contribution in [0.1, 0.15) is 32.8 Å². The first kappa shape index (κ1) is 17.7. The highest BCUT2D eigenvalue weighted by Gasteiger charge is 2.23. The van der Waals surface area contributed by atoms with Crippen LogP contribution < -0.4 is 0 Å². The number of amides is 2. The number of thiophene rings is 1. The first-order chi connectivity index (χ1) is 12.0.